The molecular formula is C21H19N3O2. The number of nitrogens with two attached hydrogens (primary N) is 1. The molecule has 1 atom stereocenters. The van der Waals surface area contributed by atoms with E-state index < -0.39 is 11.9 Å². The fourth-order valence-corrected chi connectivity index (χ4v) is 3.01. The molecule has 26 heavy (non-hydrogen) atoms. The number of rotatable bonds is 6. The second kappa shape index (κ2) is 7.66. The number of hydrogen-bond donors (Lipinski definition) is 2. The molecule has 0 aliphatic carbocycles. The van der Waals surface area contributed by atoms with E-state index in [1.165, 1.54) is 0 Å². The van der Waals surface area contributed by atoms with Gasteiger partial charge in [-0.05, 0) is 25.0 Å². The number of aromatic nitrogens is 1. The van der Waals surface area contributed by atoms with Crippen molar-refractivity contribution in [3.63, 3.8) is 0 Å². The van der Waals surface area contributed by atoms with Crippen molar-refractivity contribution in [2.24, 2.45) is 5.73 Å². The maximum absolute atomic E-state index is 13.0. The number of fused-ring (bicyclic) bond motifs is 2. The Labute approximate surface area is 151 Å². The standard InChI is InChI=1S/C21H19N3O2/c1-2-3-4-13-18(20(22)25)24-21(26)19-14-9-5-7-11-16(14)23-17-12-8-6-10-15(17)19/h1,5-12,18H,3-4,13H2,(H2,22,25)(H,24,26)/t18-/m1/s1. The first-order valence-corrected chi connectivity index (χ1v) is 8.43. The molecule has 0 aliphatic heterocycles. The quantitative estimate of drug-likeness (QED) is 0.409. The summed E-state index contributed by atoms with van der Waals surface area (Å²) in [7, 11) is 0. The Morgan fingerprint density at radius 2 is 1.65 bits per heavy atom. The monoisotopic (exact) mass is 345 g/mol. The molecule has 2 amide bonds. The summed E-state index contributed by atoms with van der Waals surface area (Å²) in [6, 6.07) is 14.1. The first-order valence-electron chi connectivity index (χ1n) is 8.43. The van der Waals surface area contributed by atoms with Crippen molar-refractivity contribution in [1.29, 1.82) is 0 Å². The van der Waals surface area contributed by atoms with E-state index in [1.807, 2.05) is 48.5 Å². The molecule has 0 unspecified atom stereocenters. The average Bonchev–Trinajstić information content (AvgIpc) is 2.65. The topological polar surface area (TPSA) is 85.1 Å². The number of terminal acetylenes is 1. The number of primary amides is 1. The van der Waals surface area contributed by atoms with Crippen LogP contribution in [0.3, 0.4) is 0 Å². The number of nitrogens with zero attached hydrogens (tertiary/aromatic N) is 1. The maximum Gasteiger partial charge on any atom is 0.253 e. The van der Waals surface area contributed by atoms with Gasteiger partial charge < -0.3 is 11.1 Å². The Balaban J connectivity index is 2.03. The van der Waals surface area contributed by atoms with Crippen LogP contribution >= 0.6 is 0 Å². The highest BCUT2D eigenvalue weighted by Crippen LogP contribution is 2.26. The number of para-hydroxylation sites is 2. The predicted molar refractivity (Wildman–Crippen MR) is 102 cm³/mol. The third-order valence-electron chi connectivity index (χ3n) is 4.28. The first kappa shape index (κ1) is 17.4. The highest BCUT2D eigenvalue weighted by atomic mass is 16.2. The molecule has 1 heterocycles. The molecule has 0 radical (unpaired) electrons. The van der Waals surface area contributed by atoms with Crippen LogP contribution in [-0.2, 0) is 4.79 Å². The zero-order valence-corrected chi connectivity index (χ0v) is 14.2. The van der Waals surface area contributed by atoms with E-state index in [2.05, 4.69) is 16.2 Å². The van der Waals surface area contributed by atoms with Crippen LogP contribution in [0.1, 0.15) is 29.6 Å². The van der Waals surface area contributed by atoms with Gasteiger partial charge in [-0.1, -0.05) is 36.4 Å². The summed E-state index contributed by atoms with van der Waals surface area (Å²) in [6.07, 6.45) is 6.80. The third kappa shape index (κ3) is 3.50. The number of nitrogens with one attached hydrogen (secondary N) is 1. The first-order chi connectivity index (χ1) is 12.6. The Kier molecular flexibility index (Phi) is 5.14. The Hall–Kier alpha value is -3.39. The molecule has 5 heteroatoms. The maximum atomic E-state index is 13.0. The van der Waals surface area contributed by atoms with Gasteiger partial charge in [-0.2, -0.15) is 0 Å². The van der Waals surface area contributed by atoms with Crippen molar-refractivity contribution in [2.75, 3.05) is 0 Å². The van der Waals surface area contributed by atoms with Gasteiger partial charge in [-0.25, -0.2) is 4.98 Å². The summed E-state index contributed by atoms with van der Waals surface area (Å²) < 4.78 is 0. The molecule has 0 saturated carbocycles. The molecule has 3 N–H and O–H groups in total. The van der Waals surface area contributed by atoms with Crippen LogP contribution < -0.4 is 11.1 Å². The number of carbonyl (C=O) groups excluding carboxylic acids is 2. The summed E-state index contributed by atoms with van der Waals surface area (Å²) in [6.45, 7) is 0. The van der Waals surface area contributed by atoms with Gasteiger partial charge in [0.05, 0.1) is 16.6 Å². The molecule has 0 fully saturated rings. The van der Waals surface area contributed by atoms with Gasteiger partial charge in [0.1, 0.15) is 6.04 Å². The van der Waals surface area contributed by atoms with Gasteiger partial charge in [0, 0.05) is 17.2 Å². The van der Waals surface area contributed by atoms with E-state index in [0.717, 1.165) is 21.8 Å². The molecule has 0 spiro atoms. The Morgan fingerprint density at radius 3 is 2.19 bits per heavy atom. The Bertz CT molecular complexity index is 967. The smallest absolute Gasteiger partial charge is 0.253 e. The average molecular weight is 345 g/mol. The molecular weight excluding hydrogens is 326 g/mol. The molecule has 2 aromatic carbocycles. The largest absolute Gasteiger partial charge is 0.368 e. The van der Waals surface area contributed by atoms with E-state index >= 15 is 0 Å². The zero-order chi connectivity index (χ0) is 18.5. The highest BCUT2D eigenvalue weighted by molar-refractivity contribution is 6.16. The minimum atomic E-state index is -0.762. The van der Waals surface area contributed by atoms with Crippen LogP contribution in [0, 0.1) is 12.3 Å². The van der Waals surface area contributed by atoms with E-state index in [1.54, 1.807) is 0 Å². The van der Waals surface area contributed by atoms with Crippen LogP contribution in [0.15, 0.2) is 48.5 Å². The molecule has 5 nitrogen and oxygen atoms in total. The molecule has 1 aromatic heterocycles. The lowest BCUT2D eigenvalue weighted by atomic mass is 10.0. The minimum absolute atomic E-state index is 0.343. The lowest BCUT2D eigenvalue weighted by molar-refractivity contribution is -0.120. The minimum Gasteiger partial charge on any atom is -0.368 e. The van der Waals surface area contributed by atoms with Gasteiger partial charge in [-0.15, -0.1) is 12.3 Å². The summed E-state index contributed by atoms with van der Waals surface area (Å²) in [4.78, 5) is 29.4. The van der Waals surface area contributed by atoms with Crippen molar-refractivity contribution < 1.29 is 9.59 Å². The van der Waals surface area contributed by atoms with Gasteiger partial charge in [0.2, 0.25) is 5.91 Å². The van der Waals surface area contributed by atoms with Gasteiger partial charge >= 0.3 is 0 Å². The number of hydrogen-bond acceptors (Lipinski definition) is 3. The molecule has 130 valence electrons. The third-order valence-corrected chi connectivity index (χ3v) is 4.28. The SMILES string of the molecule is C#CCCC[C@@H](NC(=O)c1c2ccccc2nc2ccccc12)C(N)=O. The number of unbranched alkanes of at least 4 members (excludes halogenated alkanes) is 1. The number of amides is 2. The lowest BCUT2D eigenvalue weighted by Gasteiger charge is -2.17. The normalized spacial score (nSPS) is 11.8. The van der Waals surface area contributed by atoms with Crippen LogP contribution in [0.4, 0.5) is 0 Å². The second-order valence-electron chi connectivity index (χ2n) is 6.05. The molecule has 0 saturated heterocycles. The predicted octanol–water partition coefficient (Wildman–Crippen LogP) is 2.78. The molecule has 3 aromatic rings. The van der Waals surface area contributed by atoms with Crippen LogP contribution in [-0.4, -0.2) is 22.8 Å². The lowest BCUT2D eigenvalue weighted by Crippen LogP contribution is -2.44. The number of carbonyl (C=O) groups is 2. The highest BCUT2D eigenvalue weighted by Gasteiger charge is 2.22. The van der Waals surface area contributed by atoms with Crippen molar-refractivity contribution in [1.82, 2.24) is 10.3 Å². The Morgan fingerprint density at radius 1 is 1.08 bits per heavy atom. The second-order valence-corrected chi connectivity index (χ2v) is 6.05. The molecule has 0 bridgehead atoms. The van der Waals surface area contributed by atoms with Gasteiger partial charge in [-0.3, -0.25) is 9.59 Å². The molecule has 3 rings (SSSR count). The van der Waals surface area contributed by atoms with Gasteiger partial charge in [0.25, 0.3) is 5.91 Å². The summed E-state index contributed by atoms with van der Waals surface area (Å²) >= 11 is 0. The van der Waals surface area contributed by atoms with Crippen molar-refractivity contribution >= 4 is 33.6 Å². The fourth-order valence-electron chi connectivity index (χ4n) is 3.01. The summed E-state index contributed by atoms with van der Waals surface area (Å²) in [5.74, 6) is 1.61. The van der Waals surface area contributed by atoms with E-state index in [4.69, 9.17) is 12.2 Å². The summed E-state index contributed by atoms with van der Waals surface area (Å²) in [5, 5.41) is 4.23. The van der Waals surface area contributed by atoms with Crippen LogP contribution in [0.2, 0.25) is 0 Å². The van der Waals surface area contributed by atoms with E-state index in [9.17, 15) is 9.59 Å². The zero-order valence-electron chi connectivity index (χ0n) is 14.2. The van der Waals surface area contributed by atoms with Crippen molar-refractivity contribution in [2.45, 2.75) is 25.3 Å². The van der Waals surface area contributed by atoms with Crippen LogP contribution in [0.25, 0.3) is 21.8 Å². The van der Waals surface area contributed by atoms with E-state index in [0.29, 0.717) is 24.8 Å². The van der Waals surface area contributed by atoms with Crippen molar-refractivity contribution in [3.8, 4) is 12.3 Å². The summed E-state index contributed by atoms with van der Waals surface area (Å²) in [5.41, 5.74) is 7.39. The molecule has 0 aliphatic rings. The van der Waals surface area contributed by atoms with Crippen LogP contribution in [0.5, 0.6) is 0 Å². The fraction of sp³-hybridized carbons (Fsp3) is 0.190. The van der Waals surface area contributed by atoms with E-state index in [-0.39, 0.29) is 5.91 Å². The van der Waals surface area contributed by atoms with Gasteiger partial charge in [0.15, 0.2) is 0 Å². The number of pyridine rings is 1. The number of benzene rings is 2. The van der Waals surface area contributed by atoms with Crippen molar-refractivity contribution in [3.05, 3.63) is 54.1 Å².